The SMILES string of the molecule is CCC(CO)ONC(=O)c1cc2ocnc2c(F)c1Nc1ccc(I)cc1F. The second-order valence-corrected chi connectivity index (χ2v) is 7.07. The van der Waals surface area contributed by atoms with Crippen molar-refractivity contribution in [3.63, 3.8) is 0 Å². The van der Waals surface area contributed by atoms with Crippen molar-refractivity contribution in [1.82, 2.24) is 10.5 Å². The second kappa shape index (κ2) is 8.80. The average molecular weight is 503 g/mol. The lowest BCUT2D eigenvalue weighted by Gasteiger charge is -2.16. The Morgan fingerprint density at radius 1 is 1.39 bits per heavy atom. The van der Waals surface area contributed by atoms with E-state index in [1.54, 1.807) is 13.0 Å². The highest BCUT2D eigenvalue weighted by atomic mass is 127. The summed E-state index contributed by atoms with van der Waals surface area (Å²) in [7, 11) is 0. The molecule has 3 N–H and O–H groups in total. The van der Waals surface area contributed by atoms with E-state index >= 15 is 0 Å². The second-order valence-electron chi connectivity index (χ2n) is 5.82. The molecule has 3 rings (SSSR count). The number of halogens is 3. The molecule has 2 aromatic carbocycles. The molecular weight excluding hydrogens is 487 g/mol. The van der Waals surface area contributed by atoms with Crippen molar-refractivity contribution in [2.24, 2.45) is 0 Å². The Morgan fingerprint density at radius 2 is 2.18 bits per heavy atom. The molecule has 0 saturated carbocycles. The summed E-state index contributed by atoms with van der Waals surface area (Å²) in [6.45, 7) is 1.46. The number of carbonyl (C=O) groups excluding carboxylic acids is 1. The molecule has 1 atom stereocenters. The van der Waals surface area contributed by atoms with Crippen LogP contribution in [0.3, 0.4) is 0 Å². The molecular formula is C18H16F2IN3O4. The van der Waals surface area contributed by atoms with Crippen LogP contribution in [0, 0.1) is 15.2 Å². The Balaban J connectivity index is 2.00. The summed E-state index contributed by atoms with van der Waals surface area (Å²) in [5.74, 6) is -2.28. The minimum absolute atomic E-state index is 0.0149. The predicted octanol–water partition coefficient (Wildman–Crippen LogP) is 3.89. The number of aliphatic hydroxyl groups is 1. The van der Waals surface area contributed by atoms with Crippen LogP contribution in [-0.4, -0.2) is 28.7 Å². The Labute approximate surface area is 172 Å². The van der Waals surface area contributed by atoms with Gasteiger partial charge < -0.3 is 14.8 Å². The number of benzene rings is 2. The van der Waals surface area contributed by atoms with E-state index < -0.39 is 23.6 Å². The van der Waals surface area contributed by atoms with E-state index in [2.05, 4.69) is 15.8 Å². The zero-order valence-corrected chi connectivity index (χ0v) is 16.8. The molecule has 1 amide bonds. The minimum Gasteiger partial charge on any atom is -0.443 e. The maximum absolute atomic E-state index is 15.0. The van der Waals surface area contributed by atoms with Crippen molar-refractivity contribution in [3.8, 4) is 0 Å². The molecule has 0 saturated heterocycles. The van der Waals surface area contributed by atoms with E-state index in [4.69, 9.17) is 14.4 Å². The van der Waals surface area contributed by atoms with Crippen molar-refractivity contribution in [1.29, 1.82) is 0 Å². The standard InChI is InChI=1S/C18H16F2IN3O4/c1-2-10(7-25)28-24-18(26)11-6-14-17(22-8-27-14)15(20)16(11)23-13-4-3-9(21)5-12(13)19/h3-6,8,10,23,25H,2,7H2,1H3,(H,24,26). The number of nitrogens with zero attached hydrogens (tertiary/aromatic N) is 1. The Kier molecular flexibility index (Phi) is 6.42. The topological polar surface area (TPSA) is 96.6 Å². The van der Waals surface area contributed by atoms with Crippen LogP contribution in [0.15, 0.2) is 35.1 Å². The molecule has 1 heterocycles. The van der Waals surface area contributed by atoms with Gasteiger partial charge in [0.15, 0.2) is 17.8 Å². The molecule has 28 heavy (non-hydrogen) atoms. The highest BCUT2D eigenvalue weighted by Gasteiger charge is 2.23. The third-order valence-corrected chi connectivity index (χ3v) is 4.65. The largest absolute Gasteiger partial charge is 0.443 e. The maximum Gasteiger partial charge on any atom is 0.277 e. The number of amides is 1. The highest BCUT2D eigenvalue weighted by Crippen LogP contribution is 2.32. The van der Waals surface area contributed by atoms with Gasteiger partial charge in [-0.05, 0) is 53.3 Å². The molecule has 0 fully saturated rings. The van der Waals surface area contributed by atoms with Crippen molar-refractivity contribution in [2.75, 3.05) is 11.9 Å². The average Bonchev–Trinajstić information content (AvgIpc) is 3.15. The van der Waals surface area contributed by atoms with E-state index in [-0.39, 0.29) is 34.6 Å². The third kappa shape index (κ3) is 4.23. The number of hydrogen-bond acceptors (Lipinski definition) is 6. The Hall–Kier alpha value is -2.31. The van der Waals surface area contributed by atoms with Gasteiger partial charge in [0.2, 0.25) is 0 Å². The first-order valence-electron chi connectivity index (χ1n) is 8.29. The van der Waals surface area contributed by atoms with Crippen molar-refractivity contribution >= 4 is 51.0 Å². The van der Waals surface area contributed by atoms with Gasteiger partial charge in [-0.15, -0.1) is 0 Å². The molecule has 7 nitrogen and oxygen atoms in total. The summed E-state index contributed by atoms with van der Waals surface area (Å²) in [6.07, 6.45) is 0.874. The fourth-order valence-corrected chi connectivity index (χ4v) is 2.88. The summed E-state index contributed by atoms with van der Waals surface area (Å²) < 4.78 is 35.0. The molecule has 0 spiro atoms. The lowest BCUT2D eigenvalue weighted by molar-refractivity contribution is -0.0408. The number of nitrogens with one attached hydrogen (secondary N) is 2. The smallest absolute Gasteiger partial charge is 0.277 e. The van der Waals surface area contributed by atoms with E-state index in [0.717, 1.165) is 6.39 Å². The zero-order valence-electron chi connectivity index (χ0n) is 14.6. The van der Waals surface area contributed by atoms with Gasteiger partial charge in [-0.3, -0.25) is 9.63 Å². The summed E-state index contributed by atoms with van der Waals surface area (Å²) in [5, 5.41) is 11.8. The monoisotopic (exact) mass is 503 g/mol. The molecule has 10 heteroatoms. The normalized spacial score (nSPS) is 12.2. The number of aliphatic hydroxyl groups excluding tert-OH is 1. The van der Waals surface area contributed by atoms with Gasteiger partial charge in [-0.25, -0.2) is 19.2 Å². The van der Waals surface area contributed by atoms with Crippen LogP contribution in [0.5, 0.6) is 0 Å². The third-order valence-electron chi connectivity index (χ3n) is 3.98. The minimum atomic E-state index is -0.872. The van der Waals surface area contributed by atoms with Gasteiger partial charge in [0.25, 0.3) is 5.91 Å². The number of aromatic nitrogens is 1. The van der Waals surface area contributed by atoms with Crippen LogP contribution in [0.2, 0.25) is 0 Å². The van der Waals surface area contributed by atoms with E-state index in [0.29, 0.717) is 9.99 Å². The van der Waals surface area contributed by atoms with Gasteiger partial charge in [0.1, 0.15) is 17.4 Å². The van der Waals surface area contributed by atoms with Gasteiger partial charge >= 0.3 is 0 Å². The molecule has 0 radical (unpaired) electrons. The number of fused-ring (bicyclic) bond motifs is 1. The van der Waals surface area contributed by atoms with E-state index in [9.17, 15) is 13.6 Å². The van der Waals surface area contributed by atoms with E-state index in [1.807, 2.05) is 22.6 Å². The summed E-state index contributed by atoms with van der Waals surface area (Å²) in [6, 6.07) is 5.61. The van der Waals surface area contributed by atoms with Gasteiger partial charge in [-0.1, -0.05) is 6.92 Å². The van der Waals surface area contributed by atoms with Crippen LogP contribution in [0.4, 0.5) is 20.2 Å². The van der Waals surface area contributed by atoms with Crippen LogP contribution in [0.25, 0.3) is 11.1 Å². The predicted molar refractivity (Wildman–Crippen MR) is 106 cm³/mol. The summed E-state index contributed by atoms with van der Waals surface area (Å²) >= 11 is 1.95. The lowest BCUT2D eigenvalue weighted by atomic mass is 10.1. The molecule has 148 valence electrons. The first-order valence-corrected chi connectivity index (χ1v) is 9.37. The van der Waals surface area contributed by atoms with Crippen molar-refractivity contribution in [2.45, 2.75) is 19.4 Å². The highest BCUT2D eigenvalue weighted by molar-refractivity contribution is 14.1. The van der Waals surface area contributed by atoms with Crippen LogP contribution in [0.1, 0.15) is 23.7 Å². The number of carbonyl (C=O) groups is 1. The summed E-state index contributed by atoms with van der Waals surface area (Å²) in [5.41, 5.74) is 1.65. The number of rotatable bonds is 7. The molecule has 1 aromatic heterocycles. The zero-order chi connectivity index (χ0) is 20.3. The molecule has 0 aliphatic heterocycles. The fourth-order valence-electron chi connectivity index (χ4n) is 2.43. The van der Waals surface area contributed by atoms with E-state index in [1.165, 1.54) is 18.2 Å². The van der Waals surface area contributed by atoms with Crippen molar-refractivity contribution in [3.05, 3.63) is 51.4 Å². The molecule has 0 bridgehead atoms. The number of anilines is 2. The van der Waals surface area contributed by atoms with Gasteiger partial charge in [0, 0.05) is 3.57 Å². The molecule has 0 aliphatic rings. The Bertz CT molecular complexity index is 1010. The van der Waals surface area contributed by atoms with Crippen LogP contribution in [-0.2, 0) is 4.84 Å². The first kappa shape index (κ1) is 20.4. The molecule has 3 aromatic rings. The number of oxazole rings is 1. The lowest BCUT2D eigenvalue weighted by Crippen LogP contribution is -2.31. The maximum atomic E-state index is 15.0. The van der Waals surface area contributed by atoms with Gasteiger partial charge in [-0.2, -0.15) is 0 Å². The van der Waals surface area contributed by atoms with Crippen LogP contribution >= 0.6 is 22.6 Å². The van der Waals surface area contributed by atoms with Crippen LogP contribution < -0.4 is 10.8 Å². The molecule has 0 aliphatic carbocycles. The van der Waals surface area contributed by atoms with Crippen molar-refractivity contribution < 1.29 is 27.9 Å². The first-order chi connectivity index (χ1) is 13.4. The number of hydrogen-bond donors (Lipinski definition) is 3. The summed E-state index contributed by atoms with van der Waals surface area (Å²) in [4.78, 5) is 21.5. The fraction of sp³-hybridized carbons (Fsp3) is 0.222. The quantitative estimate of drug-likeness (QED) is 0.335. The number of hydroxylamine groups is 1. The molecule has 1 unspecified atom stereocenters. The van der Waals surface area contributed by atoms with Gasteiger partial charge in [0.05, 0.1) is 23.5 Å². The Morgan fingerprint density at radius 3 is 2.86 bits per heavy atom.